The number of amides is 2. The van der Waals surface area contributed by atoms with Crippen molar-refractivity contribution >= 4 is 56.7 Å². The number of aromatic nitrogens is 3. The molecule has 0 saturated heterocycles. The van der Waals surface area contributed by atoms with Crippen molar-refractivity contribution in [3.63, 3.8) is 0 Å². The van der Waals surface area contributed by atoms with Gasteiger partial charge in [-0.1, -0.05) is 59.3 Å². The summed E-state index contributed by atoms with van der Waals surface area (Å²) < 4.78 is 1.44. The Morgan fingerprint density at radius 3 is 2.42 bits per heavy atom. The molecule has 1 aliphatic rings. The molecule has 0 bridgehead atoms. The molecule has 176 valence electrons. The van der Waals surface area contributed by atoms with E-state index >= 15 is 0 Å². The van der Waals surface area contributed by atoms with Crippen LogP contribution in [0.2, 0.25) is 5.02 Å². The lowest BCUT2D eigenvalue weighted by atomic mass is 10.1. The van der Waals surface area contributed by atoms with Crippen LogP contribution in [0.25, 0.3) is 21.9 Å². The molecule has 3 heterocycles. The second-order valence-electron chi connectivity index (χ2n) is 8.07. The lowest BCUT2D eigenvalue weighted by Gasteiger charge is -2.16. The van der Waals surface area contributed by atoms with Crippen molar-refractivity contribution in [2.45, 2.75) is 0 Å². The second kappa shape index (κ2) is 8.71. The number of thiazole rings is 1. The minimum absolute atomic E-state index is 0.191. The van der Waals surface area contributed by atoms with Crippen molar-refractivity contribution in [3.05, 3.63) is 104 Å². The third-order valence-electron chi connectivity index (χ3n) is 5.77. The maximum Gasteiger partial charge on any atom is 0.291 e. The second-order valence-corrected chi connectivity index (χ2v) is 9.48. The summed E-state index contributed by atoms with van der Waals surface area (Å²) in [6.45, 7) is -0.191. The summed E-state index contributed by atoms with van der Waals surface area (Å²) >= 11 is 7.05. The van der Waals surface area contributed by atoms with Gasteiger partial charge in [-0.2, -0.15) is 9.50 Å². The molecule has 3 aromatic carbocycles. The van der Waals surface area contributed by atoms with E-state index in [2.05, 4.69) is 15.4 Å². The molecule has 0 fully saturated rings. The number of hydrogen-bond donors (Lipinski definition) is 1. The van der Waals surface area contributed by atoms with Crippen molar-refractivity contribution in [2.75, 3.05) is 16.8 Å². The maximum atomic E-state index is 13.5. The standard InChI is InChI=1S/C26H16ClN5O3S/c27-16-12-10-15(11-13-16)23-29-26-32(30-23)25(35)22(36-26)21-18-8-4-5-9-19(18)31(24(21)34)14-20(33)28-17-6-2-1-3-7-17/h1-13H,14H2,(H,28,33). The number of fused-ring (bicyclic) bond motifs is 2. The zero-order valence-electron chi connectivity index (χ0n) is 18.5. The first-order valence-electron chi connectivity index (χ1n) is 11.0. The van der Waals surface area contributed by atoms with Crippen LogP contribution in [0, 0.1) is 0 Å². The highest BCUT2D eigenvalue weighted by Gasteiger charge is 2.35. The van der Waals surface area contributed by atoms with E-state index in [4.69, 9.17) is 11.6 Å². The predicted octanol–water partition coefficient (Wildman–Crippen LogP) is 3.37. The summed E-state index contributed by atoms with van der Waals surface area (Å²) in [7, 11) is 0. The van der Waals surface area contributed by atoms with E-state index in [-0.39, 0.29) is 22.6 Å². The Kier molecular flexibility index (Phi) is 5.36. The number of hydrogen-bond acceptors (Lipinski definition) is 6. The highest BCUT2D eigenvalue weighted by molar-refractivity contribution is 7.15. The Morgan fingerprint density at radius 2 is 1.67 bits per heavy atom. The van der Waals surface area contributed by atoms with E-state index in [1.54, 1.807) is 60.7 Å². The number of rotatable bonds is 4. The molecule has 1 aliphatic heterocycles. The highest BCUT2D eigenvalue weighted by atomic mass is 35.5. The average Bonchev–Trinajstić information content (AvgIpc) is 3.51. The van der Waals surface area contributed by atoms with Gasteiger partial charge in [-0.05, 0) is 42.5 Å². The van der Waals surface area contributed by atoms with Gasteiger partial charge in [-0.25, -0.2) is 0 Å². The van der Waals surface area contributed by atoms with Crippen LogP contribution in [0.4, 0.5) is 11.4 Å². The third kappa shape index (κ3) is 3.74. The van der Waals surface area contributed by atoms with Gasteiger partial charge in [0.1, 0.15) is 11.1 Å². The predicted molar refractivity (Wildman–Crippen MR) is 139 cm³/mol. The Hall–Kier alpha value is -4.34. The van der Waals surface area contributed by atoms with Crippen molar-refractivity contribution in [3.8, 4) is 11.4 Å². The number of carbonyl (C=O) groups is 2. The lowest BCUT2D eigenvalue weighted by molar-refractivity contribution is -0.118. The molecule has 36 heavy (non-hydrogen) atoms. The van der Waals surface area contributed by atoms with Crippen LogP contribution in [-0.4, -0.2) is 33.0 Å². The molecule has 10 heteroatoms. The lowest BCUT2D eigenvalue weighted by Crippen LogP contribution is -2.37. The average molecular weight is 514 g/mol. The van der Waals surface area contributed by atoms with Crippen LogP contribution in [-0.2, 0) is 9.59 Å². The number of nitrogens with one attached hydrogen (secondary N) is 1. The molecule has 8 nitrogen and oxygen atoms in total. The topological polar surface area (TPSA) is 96.7 Å². The minimum atomic E-state index is -0.434. The van der Waals surface area contributed by atoms with E-state index in [0.29, 0.717) is 32.7 Å². The fourth-order valence-electron chi connectivity index (χ4n) is 4.13. The summed E-state index contributed by atoms with van der Waals surface area (Å²) in [6, 6.07) is 23.1. The Bertz CT molecular complexity index is 1760. The van der Waals surface area contributed by atoms with Gasteiger partial charge in [0.05, 0.1) is 11.3 Å². The maximum absolute atomic E-state index is 13.5. The molecule has 2 amide bonds. The quantitative estimate of drug-likeness (QED) is 0.397. The third-order valence-corrected chi connectivity index (χ3v) is 7.05. The Balaban J connectivity index is 1.40. The molecule has 6 rings (SSSR count). The monoisotopic (exact) mass is 513 g/mol. The zero-order valence-corrected chi connectivity index (χ0v) is 20.1. The van der Waals surface area contributed by atoms with E-state index in [0.717, 1.165) is 16.9 Å². The van der Waals surface area contributed by atoms with Gasteiger partial charge in [0.2, 0.25) is 10.9 Å². The summed E-state index contributed by atoms with van der Waals surface area (Å²) in [4.78, 5) is 45.8. The van der Waals surface area contributed by atoms with Crippen molar-refractivity contribution < 1.29 is 9.59 Å². The molecule has 0 radical (unpaired) electrons. The van der Waals surface area contributed by atoms with Crippen molar-refractivity contribution in [1.82, 2.24) is 14.6 Å². The Morgan fingerprint density at radius 1 is 0.944 bits per heavy atom. The molecule has 0 spiro atoms. The molecule has 0 atom stereocenters. The van der Waals surface area contributed by atoms with Crippen LogP contribution in [0.15, 0.2) is 83.7 Å². The van der Waals surface area contributed by atoms with Gasteiger partial charge in [0.15, 0.2) is 5.82 Å². The van der Waals surface area contributed by atoms with Crippen LogP contribution in [0.1, 0.15) is 5.56 Å². The van der Waals surface area contributed by atoms with Gasteiger partial charge >= 0.3 is 0 Å². The smallest absolute Gasteiger partial charge is 0.291 e. The van der Waals surface area contributed by atoms with Gasteiger partial charge in [-0.3, -0.25) is 19.3 Å². The van der Waals surface area contributed by atoms with E-state index in [1.165, 1.54) is 9.42 Å². The molecule has 0 aliphatic carbocycles. The van der Waals surface area contributed by atoms with Gasteiger partial charge in [-0.15, -0.1) is 5.10 Å². The van der Waals surface area contributed by atoms with E-state index in [1.807, 2.05) is 18.2 Å². The summed E-state index contributed by atoms with van der Waals surface area (Å²) in [5.41, 5.74) is 2.33. The number of carbonyl (C=O) groups excluding carboxylic acids is 2. The van der Waals surface area contributed by atoms with Crippen LogP contribution in [0.5, 0.6) is 0 Å². The molecule has 0 saturated carbocycles. The first-order chi connectivity index (χ1) is 17.5. The van der Waals surface area contributed by atoms with Crippen LogP contribution >= 0.6 is 22.9 Å². The Labute approximate surface area is 213 Å². The highest BCUT2D eigenvalue weighted by Crippen LogP contribution is 2.35. The zero-order chi connectivity index (χ0) is 24.8. The molecule has 0 unspecified atom stereocenters. The number of para-hydroxylation sites is 2. The minimum Gasteiger partial charge on any atom is -0.325 e. The van der Waals surface area contributed by atoms with Crippen LogP contribution < -0.4 is 20.3 Å². The SMILES string of the molecule is O=C(CN1C(=O)C(=c2sc3nc(-c4ccc(Cl)cc4)nn3c2=O)c2ccccc21)Nc1ccccc1. The normalized spacial score (nSPS) is 14.4. The van der Waals surface area contributed by atoms with Gasteiger partial charge in [0.25, 0.3) is 11.5 Å². The molecule has 1 N–H and O–H groups in total. The van der Waals surface area contributed by atoms with Crippen molar-refractivity contribution in [2.24, 2.45) is 0 Å². The molecule has 2 aromatic heterocycles. The van der Waals surface area contributed by atoms with E-state index in [9.17, 15) is 14.4 Å². The summed E-state index contributed by atoms with van der Waals surface area (Å²) in [5.74, 6) is -0.369. The number of nitrogens with zero attached hydrogens (tertiary/aromatic N) is 4. The number of benzene rings is 3. The first-order valence-corrected chi connectivity index (χ1v) is 12.1. The fraction of sp³-hybridized carbons (Fsp3) is 0.0385. The molecular weight excluding hydrogens is 498 g/mol. The molecule has 5 aromatic rings. The fourth-order valence-corrected chi connectivity index (χ4v) is 5.25. The van der Waals surface area contributed by atoms with Crippen LogP contribution in [0.3, 0.4) is 0 Å². The van der Waals surface area contributed by atoms with Crippen molar-refractivity contribution in [1.29, 1.82) is 0 Å². The summed E-state index contributed by atoms with van der Waals surface area (Å²) in [6.07, 6.45) is 0. The number of anilines is 2. The summed E-state index contributed by atoms with van der Waals surface area (Å²) in [5, 5.41) is 7.74. The van der Waals surface area contributed by atoms with Gasteiger partial charge < -0.3 is 5.32 Å². The molecular formula is C26H16ClN5O3S. The first kappa shape index (κ1) is 22.1. The van der Waals surface area contributed by atoms with Gasteiger partial charge in [0, 0.05) is 21.8 Å². The largest absolute Gasteiger partial charge is 0.325 e. The van der Waals surface area contributed by atoms with E-state index < -0.39 is 11.5 Å². The number of halogens is 1.